The summed E-state index contributed by atoms with van der Waals surface area (Å²) in [4.78, 5) is 23.5. The predicted octanol–water partition coefficient (Wildman–Crippen LogP) is 3.44. The topological polar surface area (TPSA) is 58.1 Å². The van der Waals surface area contributed by atoms with Crippen molar-refractivity contribution in [3.63, 3.8) is 0 Å². The number of ether oxygens (including phenoxy) is 2. The highest BCUT2D eigenvalue weighted by atomic mass is 19.4. The highest BCUT2D eigenvalue weighted by Gasteiger charge is 2.39. The summed E-state index contributed by atoms with van der Waals surface area (Å²) in [5, 5.41) is 0. The standard InChI is InChI=1S/C25H29F3N4O3/c1-17-23(35-21-5-3-2-4-20(21)34-17)24(33)32-10-8-19(9-11-32)30-12-14-31(15-13-30)22-7-6-18(16-29-22)25(26,27)28/h2-7,16-17,19,23H,8-15H2,1H3/t17-,23-/m0/s1. The fourth-order valence-electron chi connectivity index (χ4n) is 5.08. The van der Waals surface area contributed by atoms with Gasteiger partial charge in [0.25, 0.3) is 5.91 Å². The van der Waals surface area contributed by atoms with Gasteiger partial charge in [0, 0.05) is 51.5 Å². The number of carbonyl (C=O) groups is 1. The molecule has 2 saturated heterocycles. The summed E-state index contributed by atoms with van der Waals surface area (Å²) in [5.41, 5.74) is -0.731. The van der Waals surface area contributed by atoms with Crippen molar-refractivity contribution in [2.75, 3.05) is 44.2 Å². The number of piperazine rings is 1. The molecule has 0 unspecified atom stereocenters. The molecule has 0 spiro atoms. The average molecular weight is 491 g/mol. The van der Waals surface area contributed by atoms with E-state index in [0.717, 1.165) is 38.2 Å². The molecule has 2 aromatic rings. The molecule has 0 N–H and O–H groups in total. The molecule has 188 valence electrons. The van der Waals surface area contributed by atoms with Crippen molar-refractivity contribution in [2.24, 2.45) is 0 Å². The van der Waals surface area contributed by atoms with Crippen LogP contribution in [0.3, 0.4) is 0 Å². The molecule has 0 radical (unpaired) electrons. The minimum Gasteiger partial charge on any atom is -0.482 e. The molecule has 0 saturated carbocycles. The molecule has 35 heavy (non-hydrogen) atoms. The van der Waals surface area contributed by atoms with Crippen molar-refractivity contribution in [3.05, 3.63) is 48.2 Å². The first-order valence-electron chi connectivity index (χ1n) is 12.0. The second kappa shape index (κ2) is 9.56. The number of anilines is 1. The lowest BCUT2D eigenvalue weighted by atomic mass is 10.0. The van der Waals surface area contributed by atoms with Crippen molar-refractivity contribution < 1.29 is 27.4 Å². The van der Waals surface area contributed by atoms with E-state index in [2.05, 4.69) is 9.88 Å². The summed E-state index contributed by atoms with van der Waals surface area (Å²) in [7, 11) is 0. The first kappa shape index (κ1) is 23.7. The zero-order valence-corrected chi connectivity index (χ0v) is 19.6. The largest absolute Gasteiger partial charge is 0.482 e. The van der Waals surface area contributed by atoms with Crippen LogP contribution in [-0.2, 0) is 11.0 Å². The summed E-state index contributed by atoms with van der Waals surface area (Å²) in [5.74, 6) is 1.79. The molecule has 2 fully saturated rings. The summed E-state index contributed by atoms with van der Waals surface area (Å²) < 4.78 is 50.2. The zero-order valence-electron chi connectivity index (χ0n) is 19.6. The maximum atomic E-state index is 13.2. The number of nitrogens with zero attached hydrogens (tertiary/aromatic N) is 4. The summed E-state index contributed by atoms with van der Waals surface area (Å²) in [6.07, 6.45) is -2.73. The van der Waals surface area contributed by atoms with Crippen molar-refractivity contribution in [3.8, 4) is 11.5 Å². The van der Waals surface area contributed by atoms with Crippen molar-refractivity contribution >= 4 is 11.7 Å². The number of halogens is 3. The van der Waals surface area contributed by atoms with Crippen LogP contribution in [0.4, 0.5) is 19.0 Å². The molecular formula is C25H29F3N4O3. The van der Waals surface area contributed by atoms with E-state index >= 15 is 0 Å². The lowest BCUT2D eigenvalue weighted by Gasteiger charge is -2.44. The van der Waals surface area contributed by atoms with Gasteiger partial charge in [-0.15, -0.1) is 0 Å². The molecule has 0 bridgehead atoms. The van der Waals surface area contributed by atoms with Gasteiger partial charge in [-0.3, -0.25) is 9.69 Å². The van der Waals surface area contributed by atoms with Gasteiger partial charge in [0.15, 0.2) is 11.5 Å². The van der Waals surface area contributed by atoms with Crippen molar-refractivity contribution in [2.45, 2.75) is 44.2 Å². The zero-order chi connectivity index (χ0) is 24.6. The van der Waals surface area contributed by atoms with Gasteiger partial charge >= 0.3 is 6.18 Å². The Balaban J connectivity index is 1.11. The van der Waals surface area contributed by atoms with Crippen LogP contribution in [0.15, 0.2) is 42.6 Å². The number of para-hydroxylation sites is 2. The van der Waals surface area contributed by atoms with Gasteiger partial charge in [-0.05, 0) is 44.0 Å². The number of fused-ring (bicyclic) bond motifs is 1. The SMILES string of the molecule is C[C@@H]1Oc2ccccc2O[C@@H]1C(=O)N1CCC(N2CCN(c3ccc(C(F)(F)F)cn3)CC2)CC1. The van der Waals surface area contributed by atoms with Gasteiger partial charge in [-0.25, -0.2) is 4.98 Å². The van der Waals surface area contributed by atoms with Gasteiger partial charge in [0.1, 0.15) is 11.9 Å². The second-order valence-electron chi connectivity index (χ2n) is 9.29. The normalized spacial score (nSPS) is 23.9. The van der Waals surface area contributed by atoms with Crippen LogP contribution < -0.4 is 14.4 Å². The Bertz CT molecular complexity index is 1030. The second-order valence-corrected chi connectivity index (χ2v) is 9.29. The van der Waals surface area contributed by atoms with Gasteiger partial charge < -0.3 is 19.3 Å². The third kappa shape index (κ3) is 5.03. The molecule has 3 aliphatic rings. The van der Waals surface area contributed by atoms with Gasteiger partial charge in [-0.2, -0.15) is 13.2 Å². The van der Waals surface area contributed by atoms with Crippen LogP contribution in [-0.4, -0.2) is 78.2 Å². The first-order chi connectivity index (χ1) is 16.8. The quantitative estimate of drug-likeness (QED) is 0.657. The fourth-order valence-corrected chi connectivity index (χ4v) is 5.08. The van der Waals surface area contributed by atoms with Crippen LogP contribution in [0, 0.1) is 0 Å². The number of amides is 1. The number of carbonyl (C=O) groups excluding carboxylic acids is 1. The highest BCUT2D eigenvalue weighted by molar-refractivity contribution is 5.82. The number of likely N-dealkylation sites (tertiary alicyclic amines) is 1. The summed E-state index contributed by atoms with van der Waals surface area (Å²) >= 11 is 0. The molecule has 4 heterocycles. The molecule has 1 aromatic carbocycles. The Morgan fingerprint density at radius 3 is 2.20 bits per heavy atom. The van der Waals surface area contributed by atoms with Crippen LogP contribution >= 0.6 is 0 Å². The van der Waals surface area contributed by atoms with E-state index in [1.807, 2.05) is 41.0 Å². The minimum absolute atomic E-state index is 0.0383. The van der Waals surface area contributed by atoms with E-state index in [0.29, 0.717) is 49.5 Å². The van der Waals surface area contributed by atoms with Gasteiger partial charge in [-0.1, -0.05) is 12.1 Å². The number of pyridine rings is 1. The Kier molecular flexibility index (Phi) is 6.48. The van der Waals surface area contributed by atoms with Crippen LogP contribution in [0.25, 0.3) is 0 Å². The first-order valence-corrected chi connectivity index (χ1v) is 12.0. The van der Waals surface area contributed by atoms with Crippen LogP contribution in [0.5, 0.6) is 11.5 Å². The maximum Gasteiger partial charge on any atom is 0.417 e. The molecule has 10 heteroatoms. The van der Waals surface area contributed by atoms with Crippen molar-refractivity contribution in [1.29, 1.82) is 0 Å². The fraction of sp³-hybridized carbons (Fsp3) is 0.520. The summed E-state index contributed by atoms with van der Waals surface area (Å²) in [6.45, 7) is 6.24. The molecule has 3 aliphatic heterocycles. The molecule has 5 rings (SSSR count). The number of piperidine rings is 1. The lowest BCUT2D eigenvalue weighted by Crippen LogP contribution is -2.56. The molecule has 1 amide bonds. The number of hydrogen-bond donors (Lipinski definition) is 0. The number of rotatable bonds is 3. The lowest BCUT2D eigenvalue weighted by molar-refractivity contribution is -0.146. The predicted molar refractivity (Wildman–Crippen MR) is 124 cm³/mol. The Hall–Kier alpha value is -3.01. The molecular weight excluding hydrogens is 461 g/mol. The third-order valence-corrected chi connectivity index (χ3v) is 7.09. The average Bonchev–Trinajstić information content (AvgIpc) is 2.88. The molecule has 0 aliphatic carbocycles. The number of benzene rings is 1. The van der Waals surface area contributed by atoms with E-state index in [1.165, 1.54) is 6.07 Å². The summed E-state index contributed by atoms with van der Waals surface area (Å²) in [6, 6.07) is 10.3. The highest BCUT2D eigenvalue weighted by Crippen LogP contribution is 2.34. The van der Waals surface area contributed by atoms with E-state index < -0.39 is 17.8 Å². The van der Waals surface area contributed by atoms with Crippen LogP contribution in [0.1, 0.15) is 25.3 Å². The van der Waals surface area contributed by atoms with E-state index in [4.69, 9.17) is 9.47 Å². The van der Waals surface area contributed by atoms with Crippen LogP contribution in [0.2, 0.25) is 0 Å². The molecule has 1 aromatic heterocycles. The van der Waals surface area contributed by atoms with Crippen molar-refractivity contribution in [1.82, 2.24) is 14.8 Å². The van der Waals surface area contributed by atoms with Gasteiger partial charge in [0.2, 0.25) is 6.10 Å². The number of hydrogen-bond acceptors (Lipinski definition) is 6. The molecule has 2 atom stereocenters. The Morgan fingerprint density at radius 2 is 1.60 bits per heavy atom. The maximum absolute atomic E-state index is 13.2. The van der Waals surface area contributed by atoms with Gasteiger partial charge in [0.05, 0.1) is 5.56 Å². The Labute approximate surface area is 202 Å². The van der Waals surface area contributed by atoms with E-state index in [9.17, 15) is 18.0 Å². The number of aromatic nitrogens is 1. The number of alkyl halides is 3. The third-order valence-electron chi connectivity index (χ3n) is 7.09. The Morgan fingerprint density at radius 1 is 0.943 bits per heavy atom. The minimum atomic E-state index is -4.38. The van der Waals surface area contributed by atoms with E-state index in [-0.39, 0.29) is 12.0 Å². The molecule has 7 nitrogen and oxygen atoms in total. The monoisotopic (exact) mass is 490 g/mol. The van der Waals surface area contributed by atoms with E-state index in [1.54, 1.807) is 0 Å². The smallest absolute Gasteiger partial charge is 0.417 e.